The summed E-state index contributed by atoms with van der Waals surface area (Å²) in [6.45, 7) is 2.13. The third-order valence-corrected chi connectivity index (χ3v) is 3.99. The number of benzene rings is 1. The van der Waals surface area contributed by atoms with E-state index < -0.39 is 23.5 Å². The molecule has 0 saturated heterocycles. The molecule has 0 aliphatic heterocycles. The zero-order valence-electron chi connectivity index (χ0n) is 13.3. The van der Waals surface area contributed by atoms with Crippen molar-refractivity contribution in [3.63, 3.8) is 0 Å². The Bertz CT molecular complexity index is 606. The molecule has 1 saturated carbocycles. The highest BCUT2D eigenvalue weighted by Crippen LogP contribution is 2.25. The minimum absolute atomic E-state index is 0.0191. The first-order valence-corrected chi connectivity index (χ1v) is 7.72. The number of amides is 1. The van der Waals surface area contributed by atoms with Crippen LogP contribution in [0.2, 0.25) is 0 Å². The second-order valence-corrected chi connectivity index (χ2v) is 5.71. The third-order valence-electron chi connectivity index (χ3n) is 3.99. The van der Waals surface area contributed by atoms with Crippen LogP contribution in [0.15, 0.2) is 18.2 Å². The first-order chi connectivity index (χ1) is 11.4. The van der Waals surface area contributed by atoms with Gasteiger partial charge in [-0.3, -0.25) is 14.5 Å². The Balaban J connectivity index is 1.72. The smallest absolute Gasteiger partial charge is 0.317 e. The topological polar surface area (TPSA) is 78.9 Å². The van der Waals surface area contributed by atoms with Gasteiger partial charge in [-0.2, -0.15) is 0 Å². The fraction of sp³-hybridized carbons (Fsp3) is 0.500. The van der Waals surface area contributed by atoms with Crippen LogP contribution in [0, 0.1) is 11.6 Å². The fourth-order valence-corrected chi connectivity index (χ4v) is 2.68. The Morgan fingerprint density at radius 1 is 1.38 bits per heavy atom. The number of carbonyl (C=O) groups is 2. The van der Waals surface area contributed by atoms with Crippen LogP contribution in [-0.4, -0.2) is 53.7 Å². The van der Waals surface area contributed by atoms with E-state index in [1.54, 1.807) is 0 Å². The maximum absolute atomic E-state index is 13.4. The van der Waals surface area contributed by atoms with Gasteiger partial charge < -0.3 is 15.2 Å². The highest BCUT2D eigenvalue weighted by atomic mass is 19.1. The first kappa shape index (κ1) is 18.1. The maximum atomic E-state index is 13.4. The average molecular weight is 342 g/mol. The minimum atomic E-state index is -0.876. The summed E-state index contributed by atoms with van der Waals surface area (Å²) in [5, 5.41) is 11.6. The molecule has 2 N–H and O–H groups in total. The molecule has 0 unspecified atom stereocenters. The number of carboxylic acids is 1. The quantitative estimate of drug-likeness (QED) is 0.747. The number of carbonyl (C=O) groups excluding carboxylic acids is 1. The van der Waals surface area contributed by atoms with E-state index in [1.165, 1.54) is 0 Å². The van der Waals surface area contributed by atoms with Crippen molar-refractivity contribution < 1.29 is 28.2 Å². The van der Waals surface area contributed by atoms with Gasteiger partial charge in [-0.25, -0.2) is 8.78 Å². The van der Waals surface area contributed by atoms with Crippen LogP contribution < -0.4 is 10.1 Å². The summed E-state index contributed by atoms with van der Waals surface area (Å²) in [7, 11) is 0. The number of carboxylic acid groups (broad SMARTS) is 1. The van der Waals surface area contributed by atoms with Crippen molar-refractivity contribution >= 4 is 11.9 Å². The molecule has 24 heavy (non-hydrogen) atoms. The third kappa shape index (κ3) is 4.89. The summed E-state index contributed by atoms with van der Waals surface area (Å²) in [6.07, 6.45) is 1.33. The molecule has 1 fully saturated rings. The lowest BCUT2D eigenvalue weighted by molar-refractivity contribution is -0.139. The van der Waals surface area contributed by atoms with Gasteiger partial charge in [-0.1, -0.05) is 6.92 Å². The molecule has 0 spiro atoms. The Morgan fingerprint density at radius 3 is 2.67 bits per heavy atom. The van der Waals surface area contributed by atoms with E-state index >= 15 is 0 Å². The molecule has 0 bridgehead atoms. The van der Waals surface area contributed by atoms with Gasteiger partial charge in [-0.05, 0) is 31.5 Å². The van der Waals surface area contributed by atoms with Crippen LogP contribution in [0.5, 0.6) is 5.75 Å². The van der Waals surface area contributed by atoms with E-state index in [2.05, 4.69) is 5.32 Å². The Labute approximate surface area is 138 Å². The van der Waals surface area contributed by atoms with Gasteiger partial charge in [0.15, 0.2) is 18.2 Å². The van der Waals surface area contributed by atoms with Crippen molar-refractivity contribution in [3.8, 4) is 5.75 Å². The van der Waals surface area contributed by atoms with E-state index in [4.69, 9.17) is 9.84 Å². The van der Waals surface area contributed by atoms with Gasteiger partial charge in [0.2, 0.25) is 0 Å². The van der Waals surface area contributed by atoms with E-state index in [0.717, 1.165) is 12.1 Å². The molecule has 0 heterocycles. The molecule has 0 radical (unpaired) electrons. The lowest BCUT2D eigenvalue weighted by atomic mass is 9.85. The molecule has 1 aromatic rings. The summed E-state index contributed by atoms with van der Waals surface area (Å²) in [4.78, 5) is 24.4. The van der Waals surface area contributed by atoms with Crippen LogP contribution in [0.4, 0.5) is 8.78 Å². The normalized spacial score (nSPS) is 19.7. The molecule has 132 valence electrons. The molecular formula is C16H20F2N2O4. The molecule has 6 nitrogen and oxygen atoms in total. The molecule has 8 heteroatoms. The fourth-order valence-electron chi connectivity index (χ4n) is 2.68. The lowest BCUT2D eigenvalue weighted by Crippen LogP contribution is -2.55. The van der Waals surface area contributed by atoms with Gasteiger partial charge in [-0.15, -0.1) is 0 Å². The number of hydrogen-bond donors (Lipinski definition) is 2. The molecule has 1 aliphatic rings. The van der Waals surface area contributed by atoms with E-state index in [1.807, 2.05) is 11.8 Å². The van der Waals surface area contributed by atoms with Crippen LogP contribution in [-0.2, 0) is 9.59 Å². The minimum Gasteiger partial charge on any atom is -0.481 e. The van der Waals surface area contributed by atoms with Gasteiger partial charge in [0.25, 0.3) is 5.91 Å². The molecular weight excluding hydrogens is 322 g/mol. The molecule has 1 aliphatic carbocycles. The SMILES string of the molecule is CCN(CC(=O)O)C1CC(NC(=O)COc2ccc(F)cc2F)C1. The number of nitrogens with one attached hydrogen (secondary N) is 1. The summed E-state index contributed by atoms with van der Waals surface area (Å²) < 4.78 is 31.2. The van der Waals surface area contributed by atoms with Crippen LogP contribution in [0.1, 0.15) is 19.8 Å². The summed E-state index contributed by atoms with van der Waals surface area (Å²) in [6, 6.07) is 2.95. The van der Waals surface area contributed by atoms with Crippen molar-refractivity contribution in [1.82, 2.24) is 10.2 Å². The predicted octanol–water partition coefficient (Wildman–Crippen LogP) is 1.40. The molecule has 1 aromatic carbocycles. The van der Waals surface area contributed by atoms with Crippen molar-refractivity contribution in [3.05, 3.63) is 29.8 Å². The second kappa shape index (κ2) is 8.05. The number of aliphatic carboxylic acids is 1. The largest absolute Gasteiger partial charge is 0.481 e. The summed E-state index contributed by atoms with van der Waals surface area (Å²) >= 11 is 0. The van der Waals surface area contributed by atoms with Gasteiger partial charge >= 0.3 is 5.97 Å². The zero-order chi connectivity index (χ0) is 17.7. The summed E-state index contributed by atoms with van der Waals surface area (Å²) in [5.74, 6) is -3.04. The summed E-state index contributed by atoms with van der Waals surface area (Å²) in [5.41, 5.74) is 0. The number of halogens is 2. The first-order valence-electron chi connectivity index (χ1n) is 7.72. The van der Waals surface area contributed by atoms with E-state index in [0.29, 0.717) is 25.5 Å². The molecule has 2 rings (SSSR count). The molecule has 1 amide bonds. The van der Waals surface area contributed by atoms with Gasteiger partial charge in [0.05, 0.1) is 6.54 Å². The number of nitrogens with zero attached hydrogens (tertiary/aromatic N) is 1. The van der Waals surface area contributed by atoms with E-state index in [9.17, 15) is 18.4 Å². The van der Waals surface area contributed by atoms with Gasteiger partial charge in [0, 0.05) is 18.2 Å². The average Bonchev–Trinajstić information content (AvgIpc) is 2.47. The number of ether oxygens (including phenoxy) is 1. The highest BCUT2D eigenvalue weighted by molar-refractivity contribution is 5.78. The molecule has 0 atom stereocenters. The lowest BCUT2D eigenvalue weighted by Gasteiger charge is -2.42. The zero-order valence-corrected chi connectivity index (χ0v) is 13.3. The van der Waals surface area contributed by atoms with Crippen LogP contribution in [0.3, 0.4) is 0 Å². The van der Waals surface area contributed by atoms with E-state index in [-0.39, 0.29) is 31.0 Å². The van der Waals surface area contributed by atoms with Crippen LogP contribution in [0.25, 0.3) is 0 Å². The predicted molar refractivity (Wildman–Crippen MR) is 81.7 cm³/mol. The Hall–Kier alpha value is -2.22. The Morgan fingerprint density at radius 2 is 2.08 bits per heavy atom. The standard InChI is InChI=1S/C16H20F2N2O4/c1-2-20(8-16(22)23)12-6-11(7-12)19-15(21)9-24-14-4-3-10(17)5-13(14)18/h3-5,11-12H,2,6-9H2,1H3,(H,19,21)(H,22,23). The van der Waals surface area contributed by atoms with Crippen LogP contribution >= 0.6 is 0 Å². The van der Waals surface area contributed by atoms with Crippen molar-refractivity contribution in [1.29, 1.82) is 0 Å². The monoisotopic (exact) mass is 342 g/mol. The van der Waals surface area contributed by atoms with Crippen molar-refractivity contribution in [2.24, 2.45) is 0 Å². The molecule has 0 aromatic heterocycles. The Kier molecular flexibility index (Phi) is 6.08. The maximum Gasteiger partial charge on any atom is 0.317 e. The number of rotatable bonds is 8. The van der Waals surface area contributed by atoms with Gasteiger partial charge in [0.1, 0.15) is 5.82 Å². The second-order valence-electron chi connectivity index (χ2n) is 5.71. The van der Waals surface area contributed by atoms with Crippen molar-refractivity contribution in [2.75, 3.05) is 19.7 Å². The van der Waals surface area contributed by atoms with Crippen molar-refractivity contribution in [2.45, 2.75) is 31.8 Å². The number of likely N-dealkylation sites (N-methyl/N-ethyl adjacent to an activating group) is 1. The number of hydrogen-bond acceptors (Lipinski definition) is 4. The highest BCUT2D eigenvalue weighted by Gasteiger charge is 2.34.